The predicted octanol–water partition coefficient (Wildman–Crippen LogP) is 3.14. The van der Waals surface area contributed by atoms with E-state index in [0.29, 0.717) is 0 Å². The Balaban J connectivity index is 1.35. The Bertz CT molecular complexity index is 597. The van der Waals surface area contributed by atoms with E-state index in [0.717, 1.165) is 23.8 Å². The number of fused-ring (bicyclic) bond motifs is 1. The second kappa shape index (κ2) is 7.66. The van der Waals surface area contributed by atoms with Crippen LogP contribution in [0.15, 0.2) is 48.5 Å². The molecule has 2 nitrogen and oxygen atoms in total. The van der Waals surface area contributed by atoms with Gasteiger partial charge in [0, 0.05) is 17.0 Å². The number of nitrogens with one attached hydrogen (secondary N) is 1. The van der Waals surface area contributed by atoms with Crippen LogP contribution in [-0.4, -0.2) is 19.7 Å². The Hall–Kier alpha value is -1.51. The van der Waals surface area contributed by atoms with Gasteiger partial charge in [0.1, 0.15) is 12.3 Å². The van der Waals surface area contributed by atoms with Gasteiger partial charge in [-0.3, -0.25) is 0 Å². The van der Waals surface area contributed by atoms with Crippen LogP contribution in [0.5, 0.6) is 5.75 Å². The van der Waals surface area contributed by atoms with E-state index in [2.05, 4.69) is 24.3 Å². The van der Waals surface area contributed by atoms with Gasteiger partial charge >= 0.3 is 0 Å². The quantitative estimate of drug-likeness (QED) is 0.808. The number of hydrogen-bond acceptors (Lipinski definition) is 1. The Morgan fingerprint density at radius 2 is 1.73 bits per heavy atom. The molecule has 1 atom stereocenters. The molecule has 0 aliphatic carbocycles. The Kier molecular flexibility index (Phi) is 5.36. The minimum Gasteiger partial charge on any atom is -0.494 e. The lowest BCUT2D eigenvalue weighted by molar-refractivity contribution is -0.916. The van der Waals surface area contributed by atoms with Gasteiger partial charge in [-0.15, -0.1) is 0 Å². The molecule has 0 saturated heterocycles. The molecule has 116 valence electrons. The van der Waals surface area contributed by atoms with Crippen molar-refractivity contribution < 1.29 is 9.64 Å². The number of halogens is 1. The summed E-state index contributed by atoms with van der Waals surface area (Å²) in [5.74, 6) is 0.906. The predicted molar refractivity (Wildman–Crippen MR) is 90.7 cm³/mol. The van der Waals surface area contributed by atoms with Crippen LogP contribution in [0.25, 0.3) is 0 Å². The zero-order valence-electron chi connectivity index (χ0n) is 12.9. The van der Waals surface area contributed by atoms with Crippen molar-refractivity contribution in [2.45, 2.75) is 25.8 Å². The lowest BCUT2D eigenvalue weighted by Crippen LogP contribution is -3.11. The number of unbranched alkanes of at least 4 members (excludes halogenated alkanes) is 1. The van der Waals surface area contributed by atoms with Gasteiger partial charge in [-0.05, 0) is 42.7 Å². The lowest BCUT2D eigenvalue weighted by atomic mass is 10.00. The molecule has 0 spiro atoms. The van der Waals surface area contributed by atoms with Gasteiger partial charge in [0.15, 0.2) is 0 Å². The highest BCUT2D eigenvalue weighted by atomic mass is 35.5. The third kappa shape index (κ3) is 4.25. The highest BCUT2D eigenvalue weighted by Crippen LogP contribution is 2.15. The van der Waals surface area contributed by atoms with Crippen LogP contribution in [0.3, 0.4) is 0 Å². The van der Waals surface area contributed by atoms with E-state index in [1.165, 1.54) is 43.6 Å². The maximum atomic E-state index is 5.86. The third-order valence-electron chi connectivity index (χ3n) is 4.31. The maximum Gasteiger partial charge on any atom is 0.119 e. The second-order valence-corrected chi connectivity index (χ2v) is 6.39. The molecule has 0 fully saturated rings. The van der Waals surface area contributed by atoms with Crippen LogP contribution in [0.1, 0.15) is 24.0 Å². The van der Waals surface area contributed by atoms with Crippen LogP contribution < -0.4 is 9.64 Å². The summed E-state index contributed by atoms with van der Waals surface area (Å²) in [6.45, 7) is 4.45. The topological polar surface area (TPSA) is 13.7 Å². The van der Waals surface area contributed by atoms with Gasteiger partial charge in [-0.1, -0.05) is 35.9 Å². The van der Waals surface area contributed by atoms with Crippen LogP contribution in [-0.2, 0) is 13.0 Å². The van der Waals surface area contributed by atoms with Gasteiger partial charge in [0.2, 0.25) is 0 Å². The summed E-state index contributed by atoms with van der Waals surface area (Å²) in [5.41, 5.74) is 3.07. The van der Waals surface area contributed by atoms with Crippen LogP contribution in [0.2, 0.25) is 5.02 Å². The highest BCUT2D eigenvalue weighted by Gasteiger charge is 2.17. The summed E-state index contributed by atoms with van der Waals surface area (Å²) in [6, 6.07) is 16.4. The second-order valence-electron chi connectivity index (χ2n) is 5.95. The molecule has 1 unspecified atom stereocenters. The minimum absolute atomic E-state index is 0.751. The van der Waals surface area contributed by atoms with E-state index in [-0.39, 0.29) is 0 Å². The summed E-state index contributed by atoms with van der Waals surface area (Å²) < 4.78 is 5.74. The summed E-state index contributed by atoms with van der Waals surface area (Å²) in [6.07, 6.45) is 3.53. The first-order valence-electron chi connectivity index (χ1n) is 8.10. The van der Waals surface area contributed by atoms with Gasteiger partial charge in [-0.2, -0.15) is 0 Å². The lowest BCUT2D eigenvalue weighted by Gasteiger charge is -2.25. The molecule has 2 aromatic carbocycles. The van der Waals surface area contributed by atoms with Crippen molar-refractivity contribution in [3.8, 4) is 5.75 Å². The van der Waals surface area contributed by atoms with E-state index in [9.17, 15) is 0 Å². The zero-order chi connectivity index (χ0) is 15.2. The first-order chi connectivity index (χ1) is 10.8. The number of benzene rings is 2. The largest absolute Gasteiger partial charge is 0.494 e. The monoisotopic (exact) mass is 316 g/mol. The van der Waals surface area contributed by atoms with Crippen molar-refractivity contribution in [2.75, 3.05) is 19.7 Å². The fourth-order valence-electron chi connectivity index (χ4n) is 3.05. The number of rotatable bonds is 6. The summed E-state index contributed by atoms with van der Waals surface area (Å²) in [7, 11) is 0. The zero-order valence-corrected chi connectivity index (χ0v) is 13.6. The average Bonchev–Trinajstić information content (AvgIpc) is 2.56. The average molecular weight is 317 g/mol. The van der Waals surface area contributed by atoms with Crippen LogP contribution in [0.4, 0.5) is 0 Å². The van der Waals surface area contributed by atoms with Crippen LogP contribution in [0, 0.1) is 0 Å². The molecule has 0 amide bonds. The molecule has 1 aliphatic heterocycles. The molecular formula is C19H23ClNO+. The van der Waals surface area contributed by atoms with Crippen molar-refractivity contribution in [3.63, 3.8) is 0 Å². The molecule has 0 bridgehead atoms. The Labute approximate surface area is 137 Å². The van der Waals surface area contributed by atoms with Gasteiger partial charge in [0.25, 0.3) is 0 Å². The minimum atomic E-state index is 0.751. The van der Waals surface area contributed by atoms with Gasteiger partial charge < -0.3 is 9.64 Å². The Morgan fingerprint density at radius 1 is 0.955 bits per heavy atom. The van der Waals surface area contributed by atoms with E-state index in [1.54, 1.807) is 4.90 Å². The standard InChI is InChI=1S/C19H22ClNO/c20-18-7-9-19(10-8-18)22-14-4-3-12-21-13-11-16-5-1-2-6-17(16)15-21/h1-2,5-10H,3-4,11-15H2/p+1. The molecule has 1 N–H and O–H groups in total. The fourth-order valence-corrected chi connectivity index (χ4v) is 3.18. The van der Waals surface area contributed by atoms with E-state index >= 15 is 0 Å². The van der Waals surface area contributed by atoms with E-state index < -0.39 is 0 Å². The van der Waals surface area contributed by atoms with Crippen molar-refractivity contribution in [1.82, 2.24) is 0 Å². The van der Waals surface area contributed by atoms with Crippen molar-refractivity contribution in [3.05, 3.63) is 64.7 Å². The molecule has 1 heterocycles. The van der Waals surface area contributed by atoms with E-state index in [4.69, 9.17) is 16.3 Å². The fraction of sp³-hybridized carbons (Fsp3) is 0.368. The molecule has 0 radical (unpaired) electrons. The summed E-state index contributed by atoms with van der Waals surface area (Å²) >= 11 is 5.86. The maximum absolute atomic E-state index is 5.86. The number of hydrogen-bond donors (Lipinski definition) is 1. The SMILES string of the molecule is Clc1ccc(OCCCC[NH+]2CCc3ccccc3C2)cc1. The van der Waals surface area contributed by atoms with E-state index in [1.807, 2.05) is 24.3 Å². The van der Waals surface area contributed by atoms with Gasteiger partial charge in [0.05, 0.1) is 19.7 Å². The molecule has 1 aliphatic rings. The molecule has 3 heteroatoms. The van der Waals surface area contributed by atoms with Gasteiger partial charge in [-0.25, -0.2) is 0 Å². The molecule has 3 rings (SSSR count). The van der Waals surface area contributed by atoms with Crippen molar-refractivity contribution in [1.29, 1.82) is 0 Å². The molecular weight excluding hydrogens is 294 g/mol. The van der Waals surface area contributed by atoms with Crippen LogP contribution >= 0.6 is 11.6 Å². The normalized spacial score (nSPS) is 17.0. The smallest absolute Gasteiger partial charge is 0.119 e. The number of ether oxygens (including phenoxy) is 1. The van der Waals surface area contributed by atoms with Crippen molar-refractivity contribution in [2.24, 2.45) is 0 Å². The highest BCUT2D eigenvalue weighted by molar-refractivity contribution is 6.30. The summed E-state index contributed by atoms with van der Waals surface area (Å²) in [5, 5.41) is 0.751. The molecule has 22 heavy (non-hydrogen) atoms. The molecule has 0 saturated carbocycles. The summed E-state index contributed by atoms with van der Waals surface area (Å²) in [4.78, 5) is 1.70. The first-order valence-corrected chi connectivity index (χ1v) is 8.48. The molecule has 0 aromatic heterocycles. The Morgan fingerprint density at radius 3 is 2.55 bits per heavy atom. The van der Waals surface area contributed by atoms with Crippen molar-refractivity contribution >= 4 is 11.6 Å². The third-order valence-corrected chi connectivity index (χ3v) is 4.57. The first kappa shape index (κ1) is 15.4. The molecule has 2 aromatic rings. The number of quaternary nitrogens is 1.